The molecule has 4 N–H and O–H groups in total. The van der Waals surface area contributed by atoms with Crippen LogP contribution in [0.4, 0.5) is 11.4 Å². The van der Waals surface area contributed by atoms with Crippen molar-refractivity contribution in [2.45, 2.75) is 4.90 Å². The second kappa shape index (κ2) is 8.02. The van der Waals surface area contributed by atoms with Crippen molar-refractivity contribution in [3.05, 3.63) is 52.4 Å². The summed E-state index contributed by atoms with van der Waals surface area (Å²) in [5, 5.41) is 12.5. The fraction of sp³-hybridized carbons (Fsp3) is 0.0588. The number of thiocarbonyl (C=S) groups is 1. The molecule has 0 amide bonds. The van der Waals surface area contributed by atoms with E-state index in [0.29, 0.717) is 26.4 Å². The molecule has 3 rings (SSSR count). The van der Waals surface area contributed by atoms with E-state index in [1.165, 1.54) is 30.6 Å². The quantitative estimate of drug-likeness (QED) is 0.405. The Morgan fingerprint density at radius 3 is 2.36 bits per heavy atom. The summed E-state index contributed by atoms with van der Waals surface area (Å²) >= 11 is 12.7. The predicted octanol–water partition coefficient (Wildman–Crippen LogP) is 3.80. The molecule has 2 aromatic carbocycles. The van der Waals surface area contributed by atoms with E-state index in [2.05, 4.69) is 10.6 Å². The summed E-state index contributed by atoms with van der Waals surface area (Å²) in [6.07, 6.45) is 0. The van der Waals surface area contributed by atoms with Gasteiger partial charge in [0.25, 0.3) is 0 Å². The number of rotatable bonds is 4. The molecule has 0 saturated carbocycles. The van der Waals surface area contributed by atoms with Crippen molar-refractivity contribution < 1.29 is 17.9 Å². The predicted molar refractivity (Wildman–Crippen MR) is 116 cm³/mol. The summed E-state index contributed by atoms with van der Waals surface area (Å²) in [6, 6.07) is 11.3. The van der Waals surface area contributed by atoms with Gasteiger partial charge in [-0.15, -0.1) is 11.3 Å². The van der Waals surface area contributed by atoms with Crippen LogP contribution in [0.15, 0.2) is 47.4 Å². The zero-order valence-corrected chi connectivity index (χ0v) is 17.6. The standard InChI is InChI=1S/C17H14ClN3O4S3/c1-25-16(22)15-14(18)12-7-4-10(8-13(12)27-15)21-17(26)20-9-2-5-11(6-3-9)28(19,23)24/h2-8H,1H3,(H2,19,23,24)(H2,20,21,26). The monoisotopic (exact) mass is 455 g/mol. The average molecular weight is 456 g/mol. The van der Waals surface area contributed by atoms with Gasteiger partial charge in [0.2, 0.25) is 10.0 Å². The van der Waals surface area contributed by atoms with Gasteiger partial charge in [0.1, 0.15) is 4.88 Å². The highest BCUT2D eigenvalue weighted by Gasteiger charge is 2.17. The minimum atomic E-state index is -3.75. The molecule has 3 aromatic rings. The minimum absolute atomic E-state index is 0.0124. The summed E-state index contributed by atoms with van der Waals surface area (Å²) in [4.78, 5) is 12.1. The van der Waals surface area contributed by atoms with Crippen LogP contribution in [-0.2, 0) is 14.8 Å². The van der Waals surface area contributed by atoms with Gasteiger partial charge in [0.05, 0.1) is 17.0 Å². The van der Waals surface area contributed by atoms with Crippen LogP contribution in [0.25, 0.3) is 10.1 Å². The Labute approximate surface area is 175 Å². The SMILES string of the molecule is COC(=O)c1sc2cc(NC(=S)Nc3ccc(S(N)(=O)=O)cc3)ccc2c1Cl. The van der Waals surface area contributed by atoms with Crippen LogP contribution in [0.3, 0.4) is 0 Å². The number of carbonyl (C=O) groups excluding carboxylic acids is 1. The molecule has 0 unspecified atom stereocenters. The highest BCUT2D eigenvalue weighted by Crippen LogP contribution is 2.37. The molecule has 1 heterocycles. The molecule has 0 fully saturated rings. The first-order chi connectivity index (χ1) is 13.2. The zero-order chi connectivity index (χ0) is 20.5. The van der Waals surface area contributed by atoms with Crippen LogP contribution in [-0.4, -0.2) is 26.6 Å². The van der Waals surface area contributed by atoms with Crippen LogP contribution in [0.5, 0.6) is 0 Å². The third-order valence-electron chi connectivity index (χ3n) is 3.70. The highest BCUT2D eigenvalue weighted by atomic mass is 35.5. The number of esters is 1. The summed E-state index contributed by atoms with van der Waals surface area (Å²) in [7, 11) is -2.44. The second-order valence-electron chi connectivity index (χ2n) is 5.60. The molecule has 0 aliphatic rings. The number of primary sulfonamides is 1. The number of halogens is 1. The smallest absolute Gasteiger partial charge is 0.349 e. The number of benzene rings is 2. The van der Waals surface area contributed by atoms with E-state index in [9.17, 15) is 13.2 Å². The van der Waals surface area contributed by atoms with Crippen molar-refractivity contribution in [1.29, 1.82) is 0 Å². The van der Waals surface area contributed by atoms with Gasteiger partial charge >= 0.3 is 5.97 Å². The Bertz CT molecular complexity index is 1170. The number of methoxy groups -OCH3 is 1. The number of ether oxygens (including phenoxy) is 1. The summed E-state index contributed by atoms with van der Waals surface area (Å²) in [6.45, 7) is 0. The third-order valence-corrected chi connectivity index (χ3v) is 6.47. The van der Waals surface area contributed by atoms with Crippen LogP contribution in [0.2, 0.25) is 5.02 Å². The molecule has 0 radical (unpaired) electrons. The number of sulfonamides is 1. The summed E-state index contributed by atoms with van der Waals surface area (Å²) in [5.74, 6) is -0.485. The molecule has 7 nitrogen and oxygen atoms in total. The fourth-order valence-corrected chi connectivity index (χ4v) is 4.61. The lowest BCUT2D eigenvalue weighted by atomic mass is 10.2. The highest BCUT2D eigenvalue weighted by molar-refractivity contribution is 7.89. The molecule has 0 aliphatic carbocycles. The van der Waals surface area contributed by atoms with Crippen LogP contribution < -0.4 is 15.8 Å². The molecule has 28 heavy (non-hydrogen) atoms. The van der Waals surface area contributed by atoms with E-state index in [1.54, 1.807) is 24.3 Å². The van der Waals surface area contributed by atoms with E-state index >= 15 is 0 Å². The van der Waals surface area contributed by atoms with Crippen LogP contribution >= 0.6 is 35.2 Å². The molecule has 0 bridgehead atoms. The van der Waals surface area contributed by atoms with Gasteiger partial charge in [-0.05, 0) is 54.7 Å². The first-order valence-corrected chi connectivity index (χ1v) is 10.8. The number of fused-ring (bicyclic) bond motifs is 1. The maximum absolute atomic E-state index is 11.8. The fourth-order valence-electron chi connectivity index (χ4n) is 2.39. The Balaban J connectivity index is 1.75. The average Bonchev–Trinajstić information content (AvgIpc) is 2.97. The van der Waals surface area contributed by atoms with Gasteiger partial charge < -0.3 is 15.4 Å². The van der Waals surface area contributed by atoms with Crippen molar-refractivity contribution >= 4 is 77.7 Å². The normalized spacial score (nSPS) is 11.2. The summed E-state index contributed by atoms with van der Waals surface area (Å²) in [5.41, 5.74) is 1.29. The van der Waals surface area contributed by atoms with Gasteiger partial charge in [0.15, 0.2) is 5.11 Å². The van der Waals surface area contributed by atoms with E-state index < -0.39 is 16.0 Å². The van der Waals surface area contributed by atoms with E-state index in [0.717, 1.165) is 10.1 Å². The minimum Gasteiger partial charge on any atom is -0.465 e. The summed E-state index contributed by atoms with van der Waals surface area (Å²) < 4.78 is 28.1. The lowest BCUT2D eigenvalue weighted by molar-refractivity contribution is 0.0606. The molecule has 0 atom stereocenters. The van der Waals surface area contributed by atoms with Gasteiger partial charge in [-0.1, -0.05) is 11.6 Å². The maximum Gasteiger partial charge on any atom is 0.349 e. The lowest BCUT2D eigenvalue weighted by Gasteiger charge is -2.11. The second-order valence-corrected chi connectivity index (χ2v) is 9.00. The van der Waals surface area contributed by atoms with Crippen LogP contribution in [0.1, 0.15) is 9.67 Å². The topological polar surface area (TPSA) is 111 Å². The Morgan fingerprint density at radius 2 is 1.75 bits per heavy atom. The van der Waals surface area contributed by atoms with Gasteiger partial charge in [0, 0.05) is 21.5 Å². The van der Waals surface area contributed by atoms with Crippen molar-refractivity contribution in [2.24, 2.45) is 5.14 Å². The van der Waals surface area contributed by atoms with Crippen molar-refractivity contribution in [1.82, 2.24) is 0 Å². The number of nitrogens with one attached hydrogen (secondary N) is 2. The molecule has 1 aromatic heterocycles. The molecule has 11 heteroatoms. The number of hydrogen-bond acceptors (Lipinski definition) is 6. The molecular formula is C17H14ClN3O4S3. The van der Waals surface area contributed by atoms with E-state index in [1.807, 2.05) is 6.07 Å². The Hall–Kier alpha value is -2.24. The number of anilines is 2. The van der Waals surface area contributed by atoms with Crippen molar-refractivity contribution in [3.63, 3.8) is 0 Å². The number of nitrogens with two attached hydrogens (primary N) is 1. The van der Waals surface area contributed by atoms with Gasteiger partial charge in [-0.25, -0.2) is 18.4 Å². The third kappa shape index (κ3) is 4.42. The molecule has 0 saturated heterocycles. The Kier molecular flexibility index (Phi) is 5.87. The Morgan fingerprint density at radius 1 is 1.14 bits per heavy atom. The molecular weight excluding hydrogens is 442 g/mol. The lowest BCUT2D eigenvalue weighted by Crippen LogP contribution is -2.19. The molecule has 0 aliphatic heterocycles. The number of thiophene rings is 1. The zero-order valence-electron chi connectivity index (χ0n) is 14.4. The van der Waals surface area contributed by atoms with E-state index in [-0.39, 0.29) is 4.90 Å². The number of carbonyl (C=O) groups is 1. The first-order valence-electron chi connectivity index (χ1n) is 7.70. The molecule has 0 spiro atoms. The van der Waals surface area contributed by atoms with E-state index in [4.69, 9.17) is 33.7 Å². The van der Waals surface area contributed by atoms with Crippen molar-refractivity contribution in [2.75, 3.05) is 17.7 Å². The van der Waals surface area contributed by atoms with Crippen molar-refractivity contribution in [3.8, 4) is 0 Å². The van der Waals surface area contributed by atoms with Crippen LogP contribution in [0, 0.1) is 0 Å². The maximum atomic E-state index is 11.8. The van der Waals surface area contributed by atoms with Gasteiger partial charge in [-0.2, -0.15) is 0 Å². The first kappa shape index (κ1) is 20.5. The largest absolute Gasteiger partial charge is 0.465 e. The molecule has 146 valence electrons. The number of hydrogen-bond donors (Lipinski definition) is 3. The van der Waals surface area contributed by atoms with Gasteiger partial charge in [-0.3, -0.25) is 0 Å².